The van der Waals surface area contributed by atoms with Crippen LogP contribution in [0.2, 0.25) is 0 Å². The quantitative estimate of drug-likeness (QED) is 0.741. The Morgan fingerprint density at radius 2 is 1.74 bits per heavy atom. The van der Waals surface area contributed by atoms with Gasteiger partial charge < -0.3 is 20.3 Å². The summed E-state index contributed by atoms with van der Waals surface area (Å²) < 4.78 is 5.25. The summed E-state index contributed by atoms with van der Waals surface area (Å²) in [5.74, 6) is 0.757. The molecule has 0 spiro atoms. The van der Waals surface area contributed by atoms with Gasteiger partial charge in [0.05, 0.1) is 12.7 Å². The molecule has 6 heteroatoms. The van der Waals surface area contributed by atoms with Gasteiger partial charge in [-0.25, -0.2) is 0 Å². The minimum absolute atomic E-state index is 0.0597. The number of nitrogens with zero attached hydrogens (tertiary/aromatic N) is 1. The van der Waals surface area contributed by atoms with Gasteiger partial charge in [0.25, 0.3) is 11.8 Å². The van der Waals surface area contributed by atoms with Gasteiger partial charge in [0.1, 0.15) is 5.75 Å². The van der Waals surface area contributed by atoms with Crippen molar-refractivity contribution in [1.82, 2.24) is 10.2 Å². The molecule has 2 saturated heterocycles. The van der Waals surface area contributed by atoms with Crippen molar-refractivity contribution in [3.63, 3.8) is 0 Å². The van der Waals surface area contributed by atoms with E-state index in [1.165, 1.54) is 45.2 Å². The summed E-state index contributed by atoms with van der Waals surface area (Å²) in [5.41, 5.74) is 1.71. The lowest BCUT2D eigenvalue weighted by atomic mass is 9.83. The van der Waals surface area contributed by atoms with Gasteiger partial charge in [-0.05, 0) is 81.1 Å². The van der Waals surface area contributed by atoms with E-state index in [-0.39, 0.29) is 11.8 Å². The number of amides is 2. The first kappa shape index (κ1) is 21.4. The molecule has 2 amide bonds. The predicted octanol–water partition coefficient (Wildman–Crippen LogP) is 3.94. The molecule has 0 radical (unpaired) electrons. The first-order valence-electron chi connectivity index (χ1n) is 11.2. The number of hydrogen-bond donors (Lipinski definition) is 2. The SMILES string of the molecule is COc1ccccc1C(=O)Nc1ccc(C(=O)NC[C@@H]2CCCN3CCCC[C@H]23)cc1. The number of carbonyl (C=O) groups excluding carboxylic acids is 2. The van der Waals surface area contributed by atoms with Crippen LogP contribution in [0.4, 0.5) is 5.69 Å². The van der Waals surface area contributed by atoms with Crippen LogP contribution in [0, 0.1) is 5.92 Å². The summed E-state index contributed by atoms with van der Waals surface area (Å²) in [5, 5.41) is 5.99. The maximum atomic E-state index is 12.7. The number of anilines is 1. The van der Waals surface area contributed by atoms with Gasteiger partial charge in [-0.15, -0.1) is 0 Å². The minimum Gasteiger partial charge on any atom is -0.496 e. The monoisotopic (exact) mass is 421 g/mol. The van der Waals surface area contributed by atoms with Crippen molar-refractivity contribution in [2.24, 2.45) is 5.92 Å². The molecule has 0 aromatic heterocycles. The highest BCUT2D eigenvalue weighted by Gasteiger charge is 2.32. The van der Waals surface area contributed by atoms with Crippen LogP contribution in [0.5, 0.6) is 5.75 Å². The predicted molar refractivity (Wildman–Crippen MR) is 122 cm³/mol. The topological polar surface area (TPSA) is 70.7 Å². The largest absolute Gasteiger partial charge is 0.496 e. The highest BCUT2D eigenvalue weighted by atomic mass is 16.5. The molecule has 2 aliphatic heterocycles. The van der Waals surface area contributed by atoms with E-state index in [2.05, 4.69) is 15.5 Å². The smallest absolute Gasteiger partial charge is 0.259 e. The van der Waals surface area contributed by atoms with Crippen molar-refractivity contribution < 1.29 is 14.3 Å². The number of para-hydroxylation sites is 1. The lowest BCUT2D eigenvalue weighted by Crippen LogP contribution is -2.51. The van der Waals surface area contributed by atoms with E-state index >= 15 is 0 Å². The second kappa shape index (κ2) is 9.96. The van der Waals surface area contributed by atoms with E-state index in [0.29, 0.717) is 34.5 Å². The Balaban J connectivity index is 1.32. The number of benzene rings is 2. The van der Waals surface area contributed by atoms with Gasteiger partial charge >= 0.3 is 0 Å². The van der Waals surface area contributed by atoms with Crippen LogP contribution in [-0.2, 0) is 0 Å². The van der Waals surface area contributed by atoms with Gasteiger partial charge in [0.15, 0.2) is 0 Å². The summed E-state index contributed by atoms with van der Waals surface area (Å²) >= 11 is 0. The molecule has 0 unspecified atom stereocenters. The molecule has 6 nitrogen and oxygen atoms in total. The van der Waals surface area contributed by atoms with Crippen molar-refractivity contribution >= 4 is 17.5 Å². The number of hydrogen-bond acceptors (Lipinski definition) is 4. The van der Waals surface area contributed by atoms with Gasteiger partial charge in [-0.1, -0.05) is 18.6 Å². The lowest BCUT2D eigenvalue weighted by Gasteiger charge is -2.44. The fraction of sp³-hybridized carbons (Fsp3) is 0.440. The molecule has 4 rings (SSSR count). The fourth-order valence-corrected chi connectivity index (χ4v) is 4.88. The number of ether oxygens (including phenoxy) is 1. The summed E-state index contributed by atoms with van der Waals surface area (Å²) in [7, 11) is 1.54. The average Bonchev–Trinajstić information content (AvgIpc) is 2.82. The van der Waals surface area contributed by atoms with Crippen LogP contribution in [0.1, 0.15) is 52.8 Å². The lowest BCUT2D eigenvalue weighted by molar-refractivity contribution is 0.0575. The zero-order valence-corrected chi connectivity index (χ0v) is 18.1. The molecule has 0 bridgehead atoms. The van der Waals surface area contributed by atoms with E-state index in [4.69, 9.17) is 4.74 Å². The van der Waals surface area contributed by atoms with Crippen molar-refractivity contribution in [3.05, 3.63) is 59.7 Å². The number of piperidine rings is 2. The van der Waals surface area contributed by atoms with E-state index in [1.54, 1.807) is 49.6 Å². The van der Waals surface area contributed by atoms with Gasteiger partial charge in [-0.2, -0.15) is 0 Å². The molecule has 2 heterocycles. The number of methoxy groups -OCH3 is 1. The molecular formula is C25H31N3O3. The van der Waals surface area contributed by atoms with Crippen LogP contribution in [0.25, 0.3) is 0 Å². The van der Waals surface area contributed by atoms with Crippen LogP contribution in [-0.4, -0.2) is 49.5 Å². The molecule has 2 atom stereocenters. The number of nitrogens with one attached hydrogen (secondary N) is 2. The molecule has 2 aromatic rings. The third-order valence-corrected chi connectivity index (χ3v) is 6.51. The van der Waals surface area contributed by atoms with Crippen molar-refractivity contribution in [1.29, 1.82) is 0 Å². The van der Waals surface area contributed by atoms with Crippen LogP contribution in [0.15, 0.2) is 48.5 Å². The second-order valence-electron chi connectivity index (χ2n) is 8.44. The van der Waals surface area contributed by atoms with E-state index in [0.717, 1.165) is 6.54 Å². The fourth-order valence-electron chi connectivity index (χ4n) is 4.88. The maximum Gasteiger partial charge on any atom is 0.259 e. The Bertz CT molecular complexity index is 910. The molecule has 2 aromatic carbocycles. The van der Waals surface area contributed by atoms with Crippen LogP contribution in [0.3, 0.4) is 0 Å². The summed E-state index contributed by atoms with van der Waals surface area (Å²) in [6.45, 7) is 3.14. The molecule has 2 aliphatic rings. The van der Waals surface area contributed by atoms with Crippen LogP contribution < -0.4 is 15.4 Å². The Morgan fingerprint density at radius 3 is 2.55 bits per heavy atom. The Kier molecular flexibility index (Phi) is 6.87. The molecule has 2 fully saturated rings. The summed E-state index contributed by atoms with van der Waals surface area (Å²) in [6.07, 6.45) is 6.26. The van der Waals surface area contributed by atoms with Gasteiger partial charge in [0.2, 0.25) is 0 Å². The van der Waals surface area contributed by atoms with Crippen molar-refractivity contribution in [2.75, 3.05) is 32.1 Å². The third-order valence-electron chi connectivity index (χ3n) is 6.51. The third kappa shape index (κ3) is 5.07. The minimum atomic E-state index is -0.246. The van der Waals surface area contributed by atoms with Crippen molar-refractivity contribution in [3.8, 4) is 5.75 Å². The van der Waals surface area contributed by atoms with Gasteiger partial charge in [-0.3, -0.25) is 9.59 Å². The molecule has 0 aliphatic carbocycles. The van der Waals surface area contributed by atoms with E-state index < -0.39 is 0 Å². The summed E-state index contributed by atoms with van der Waals surface area (Å²) in [4.78, 5) is 27.8. The standard InChI is InChI=1S/C25H31N3O3/c1-31-23-10-3-2-8-21(23)25(30)27-20-13-11-18(12-14-20)24(29)26-17-19-7-6-16-28-15-5-4-9-22(19)28/h2-3,8,10-14,19,22H,4-7,9,15-17H2,1H3,(H,26,29)(H,27,30)/t19-,22+/m0/s1. The second-order valence-corrected chi connectivity index (χ2v) is 8.44. The normalized spacial score (nSPS) is 21.1. The first-order valence-corrected chi connectivity index (χ1v) is 11.2. The first-order chi connectivity index (χ1) is 15.2. The highest BCUT2D eigenvalue weighted by molar-refractivity contribution is 6.06. The maximum absolute atomic E-state index is 12.7. The van der Waals surface area contributed by atoms with E-state index in [9.17, 15) is 9.59 Å². The average molecular weight is 422 g/mol. The Morgan fingerprint density at radius 1 is 0.968 bits per heavy atom. The zero-order valence-electron chi connectivity index (χ0n) is 18.1. The van der Waals surface area contributed by atoms with Crippen molar-refractivity contribution in [2.45, 2.75) is 38.1 Å². The molecule has 0 saturated carbocycles. The highest BCUT2D eigenvalue weighted by Crippen LogP contribution is 2.30. The number of rotatable bonds is 6. The molecule has 31 heavy (non-hydrogen) atoms. The molecule has 2 N–H and O–H groups in total. The summed E-state index contributed by atoms with van der Waals surface area (Å²) in [6, 6.07) is 14.7. The number of fused-ring (bicyclic) bond motifs is 1. The number of carbonyl (C=O) groups is 2. The zero-order chi connectivity index (χ0) is 21.6. The Hall–Kier alpha value is -2.86. The van der Waals surface area contributed by atoms with Gasteiger partial charge in [0, 0.05) is 23.8 Å². The Labute approximate surface area is 184 Å². The molecule has 164 valence electrons. The molecular weight excluding hydrogens is 390 g/mol. The van der Waals surface area contributed by atoms with Crippen LogP contribution >= 0.6 is 0 Å². The van der Waals surface area contributed by atoms with E-state index in [1.807, 2.05) is 6.07 Å².